The van der Waals surface area contributed by atoms with Crippen LogP contribution in [0.15, 0.2) is 0 Å². The van der Waals surface area contributed by atoms with E-state index in [1.165, 1.54) is 12.8 Å². The third kappa shape index (κ3) is 3.62. The van der Waals surface area contributed by atoms with Crippen LogP contribution in [0, 0.1) is 5.92 Å². The van der Waals surface area contributed by atoms with Gasteiger partial charge in [-0.15, -0.1) is 0 Å². The number of ether oxygens (including phenoxy) is 1. The summed E-state index contributed by atoms with van der Waals surface area (Å²) in [5, 5.41) is 0. The van der Waals surface area contributed by atoms with Gasteiger partial charge in [-0.05, 0) is 45.6 Å². The standard InChI is InChI=1S/C17H29N3O3/c1-3-23-16(22)20-11-10-18(2)17(13-20)7-6-15(21)19(9-8-17)12-14-4-5-14/h14H,3-13H2,1-2H3/t17-/m0/s1. The van der Waals surface area contributed by atoms with Crippen LogP contribution in [0.5, 0.6) is 0 Å². The lowest BCUT2D eigenvalue weighted by Crippen LogP contribution is -2.62. The van der Waals surface area contributed by atoms with Gasteiger partial charge in [0.15, 0.2) is 0 Å². The molecule has 0 aromatic heterocycles. The number of likely N-dealkylation sites (N-methyl/N-ethyl adjacent to an activating group) is 1. The van der Waals surface area contributed by atoms with Crippen LogP contribution in [-0.4, -0.2) is 78.6 Å². The number of hydrogen-bond donors (Lipinski definition) is 0. The van der Waals surface area contributed by atoms with Gasteiger partial charge in [-0.3, -0.25) is 9.69 Å². The molecule has 2 amide bonds. The van der Waals surface area contributed by atoms with Crippen molar-refractivity contribution in [3.8, 4) is 0 Å². The van der Waals surface area contributed by atoms with Crippen LogP contribution >= 0.6 is 0 Å². The molecule has 6 nitrogen and oxygen atoms in total. The Morgan fingerprint density at radius 2 is 2.04 bits per heavy atom. The SMILES string of the molecule is CCOC(=O)N1CCN(C)[C@]2(CCC(=O)N(CC3CC3)CC2)C1. The van der Waals surface area contributed by atoms with Crippen molar-refractivity contribution in [3.63, 3.8) is 0 Å². The van der Waals surface area contributed by atoms with E-state index >= 15 is 0 Å². The van der Waals surface area contributed by atoms with Crippen molar-refractivity contribution in [3.05, 3.63) is 0 Å². The van der Waals surface area contributed by atoms with Crippen LogP contribution in [0.1, 0.15) is 39.0 Å². The molecule has 6 heteroatoms. The lowest BCUT2D eigenvalue weighted by Gasteiger charge is -2.48. The van der Waals surface area contributed by atoms with E-state index in [-0.39, 0.29) is 17.5 Å². The molecule has 3 aliphatic rings. The fraction of sp³-hybridized carbons (Fsp3) is 0.882. The second-order valence-electron chi connectivity index (χ2n) is 7.30. The molecule has 3 fully saturated rings. The van der Waals surface area contributed by atoms with Crippen molar-refractivity contribution < 1.29 is 14.3 Å². The highest BCUT2D eigenvalue weighted by atomic mass is 16.6. The van der Waals surface area contributed by atoms with Crippen LogP contribution in [0.3, 0.4) is 0 Å². The van der Waals surface area contributed by atoms with Crippen molar-refractivity contribution in [1.82, 2.24) is 14.7 Å². The average Bonchev–Trinajstić information content (AvgIpc) is 3.36. The zero-order valence-electron chi connectivity index (χ0n) is 14.4. The highest BCUT2D eigenvalue weighted by molar-refractivity contribution is 5.76. The van der Waals surface area contributed by atoms with E-state index in [9.17, 15) is 9.59 Å². The summed E-state index contributed by atoms with van der Waals surface area (Å²) < 4.78 is 5.18. The molecule has 0 unspecified atom stereocenters. The number of amides is 2. The van der Waals surface area contributed by atoms with Gasteiger partial charge in [0.1, 0.15) is 0 Å². The normalized spacial score (nSPS) is 29.7. The van der Waals surface area contributed by atoms with E-state index in [0.717, 1.165) is 38.4 Å². The molecule has 0 radical (unpaired) electrons. The van der Waals surface area contributed by atoms with E-state index < -0.39 is 0 Å². The second kappa shape index (κ2) is 6.67. The molecule has 3 rings (SSSR count). The monoisotopic (exact) mass is 323 g/mol. The van der Waals surface area contributed by atoms with Crippen LogP contribution < -0.4 is 0 Å². The maximum absolute atomic E-state index is 12.4. The second-order valence-corrected chi connectivity index (χ2v) is 7.30. The van der Waals surface area contributed by atoms with Crippen LogP contribution in [-0.2, 0) is 9.53 Å². The Morgan fingerprint density at radius 3 is 2.74 bits per heavy atom. The molecular weight excluding hydrogens is 294 g/mol. The molecule has 130 valence electrons. The third-order valence-electron chi connectivity index (χ3n) is 5.71. The lowest BCUT2D eigenvalue weighted by atomic mass is 9.86. The first-order valence-corrected chi connectivity index (χ1v) is 8.95. The summed E-state index contributed by atoms with van der Waals surface area (Å²) in [6, 6.07) is 0. The van der Waals surface area contributed by atoms with Crippen molar-refractivity contribution >= 4 is 12.0 Å². The minimum Gasteiger partial charge on any atom is -0.450 e. The molecule has 0 aromatic rings. The van der Waals surface area contributed by atoms with E-state index in [0.29, 0.717) is 26.1 Å². The number of rotatable bonds is 3. The summed E-state index contributed by atoms with van der Waals surface area (Å²) in [5.41, 5.74) is -0.0844. The summed E-state index contributed by atoms with van der Waals surface area (Å²) in [5.74, 6) is 1.02. The molecule has 2 saturated heterocycles. The van der Waals surface area contributed by atoms with Crippen molar-refractivity contribution in [2.24, 2.45) is 5.92 Å². The quantitative estimate of drug-likeness (QED) is 0.791. The van der Waals surface area contributed by atoms with E-state index in [1.54, 1.807) is 0 Å². The maximum Gasteiger partial charge on any atom is 0.409 e. The fourth-order valence-corrected chi connectivity index (χ4v) is 3.87. The highest BCUT2D eigenvalue weighted by Gasteiger charge is 2.44. The molecule has 1 spiro atoms. The first-order valence-electron chi connectivity index (χ1n) is 8.95. The molecule has 0 aromatic carbocycles. The average molecular weight is 323 g/mol. The van der Waals surface area contributed by atoms with Gasteiger partial charge < -0.3 is 14.5 Å². The Balaban J connectivity index is 1.68. The molecule has 2 heterocycles. The van der Waals surface area contributed by atoms with Gasteiger partial charge in [0, 0.05) is 44.7 Å². The zero-order valence-corrected chi connectivity index (χ0v) is 14.4. The summed E-state index contributed by atoms with van der Waals surface area (Å²) in [7, 11) is 2.13. The molecular formula is C17H29N3O3. The van der Waals surface area contributed by atoms with Gasteiger partial charge >= 0.3 is 6.09 Å². The summed E-state index contributed by atoms with van der Waals surface area (Å²) in [4.78, 5) is 30.8. The summed E-state index contributed by atoms with van der Waals surface area (Å²) in [6.07, 6.45) is 4.69. The summed E-state index contributed by atoms with van der Waals surface area (Å²) in [6.45, 7) is 6.21. The van der Waals surface area contributed by atoms with Crippen LogP contribution in [0.4, 0.5) is 4.79 Å². The number of carbonyl (C=O) groups excluding carboxylic acids is 2. The molecule has 0 N–H and O–H groups in total. The molecule has 0 bridgehead atoms. The number of carbonyl (C=O) groups is 2. The first-order chi connectivity index (χ1) is 11.0. The number of piperazine rings is 1. The van der Waals surface area contributed by atoms with Crippen LogP contribution in [0.25, 0.3) is 0 Å². The van der Waals surface area contributed by atoms with Gasteiger partial charge in [0.25, 0.3) is 0 Å². The van der Waals surface area contributed by atoms with Crippen molar-refractivity contribution in [2.45, 2.75) is 44.6 Å². The van der Waals surface area contributed by atoms with Crippen molar-refractivity contribution in [2.75, 3.05) is 46.4 Å². The van der Waals surface area contributed by atoms with Gasteiger partial charge in [-0.1, -0.05) is 0 Å². The Bertz CT molecular complexity index is 466. The van der Waals surface area contributed by atoms with E-state index in [2.05, 4.69) is 16.8 Å². The predicted molar refractivity (Wildman–Crippen MR) is 87.1 cm³/mol. The largest absolute Gasteiger partial charge is 0.450 e. The fourth-order valence-electron chi connectivity index (χ4n) is 3.87. The Morgan fingerprint density at radius 1 is 1.26 bits per heavy atom. The first kappa shape index (κ1) is 16.6. The highest BCUT2D eigenvalue weighted by Crippen LogP contribution is 2.35. The van der Waals surface area contributed by atoms with E-state index in [4.69, 9.17) is 4.74 Å². The minimum atomic E-state index is -0.217. The molecule has 1 aliphatic carbocycles. The lowest BCUT2D eigenvalue weighted by molar-refractivity contribution is -0.130. The van der Waals surface area contributed by atoms with Gasteiger partial charge in [0.2, 0.25) is 5.91 Å². The smallest absolute Gasteiger partial charge is 0.409 e. The van der Waals surface area contributed by atoms with Crippen LogP contribution in [0.2, 0.25) is 0 Å². The topological polar surface area (TPSA) is 53.1 Å². The van der Waals surface area contributed by atoms with Gasteiger partial charge in [0.05, 0.1) is 6.61 Å². The Labute approximate surface area is 138 Å². The van der Waals surface area contributed by atoms with E-state index in [1.807, 2.05) is 11.8 Å². The van der Waals surface area contributed by atoms with Gasteiger partial charge in [-0.2, -0.15) is 0 Å². The zero-order chi connectivity index (χ0) is 16.4. The molecule has 1 saturated carbocycles. The molecule has 2 aliphatic heterocycles. The Hall–Kier alpha value is -1.30. The molecule has 1 atom stereocenters. The van der Waals surface area contributed by atoms with Gasteiger partial charge in [-0.25, -0.2) is 4.79 Å². The minimum absolute atomic E-state index is 0.0844. The summed E-state index contributed by atoms with van der Waals surface area (Å²) >= 11 is 0. The predicted octanol–water partition coefficient (Wildman–Crippen LogP) is 1.55. The van der Waals surface area contributed by atoms with Crippen molar-refractivity contribution in [1.29, 1.82) is 0 Å². The Kier molecular flexibility index (Phi) is 4.80. The maximum atomic E-state index is 12.4. The third-order valence-corrected chi connectivity index (χ3v) is 5.71. The number of nitrogens with zero attached hydrogens (tertiary/aromatic N) is 3. The molecule has 23 heavy (non-hydrogen) atoms. The number of likely N-dealkylation sites (tertiary alicyclic amines) is 1. The number of hydrogen-bond acceptors (Lipinski definition) is 4.